The fourth-order valence-electron chi connectivity index (χ4n) is 3.34. The molecule has 0 aromatic heterocycles. The molecule has 0 amide bonds. The molecule has 0 spiro atoms. The summed E-state index contributed by atoms with van der Waals surface area (Å²) in [6, 6.07) is 25.8. The Labute approximate surface area is 217 Å². The number of hydrogen-bond acceptors (Lipinski definition) is 5. The molecule has 9 heteroatoms. The van der Waals surface area contributed by atoms with Gasteiger partial charge in [-0.15, -0.1) is 0 Å². The van der Waals surface area contributed by atoms with Crippen LogP contribution in [0.3, 0.4) is 0 Å². The van der Waals surface area contributed by atoms with Gasteiger partial charge in [0.05, 0.1) is 13.1 Å². The summed E-state index contributed by atoms with van der Waals surface area (Å²) in [6.45, 7) is 16.9. The summed E-state index contributed by atoms with van der Waals surface area (Å²) in [5, 5.41) is 27.5. The Morgan fingerprint density at radius 2 is 1.03 bits per heavy atom. The molecule has 0 saturated heterocycles. The van der Waals surface area contributed by atoms with E-state index in [1.54, 1.807) is 79.6 Å². The van der Waals surface area contributed by atoms with Crippen LogP contribution in [0.1, 0.15) is 5.56 Å². The molecule has 4 aromatic rings. The van der Waals surface area contributed by atoms with Gasteiger partial charge in [-0.3, -0.25) is 0 Å². The van der Waals surface area contributed by atoms with Gasteiger partial charge < -0.3 is 24.5 Å². The van der Waals surface area contributed by atoms with Crippen LogP contribution in [0.5, 0.6) is 23.0 Å². The maximum Gasteiger partial charge on any atom is 0.488 e. The van der Waals surface area contributed by atoms with Gasteiger partial charge in [-0.1, -0.05) is 54.9 Å². The molecule has 0 unspecified atom stereocenters. The molecule has 0 bridgehead atoms. The molecule has 0 fully saturated rings. The van der Waals surface area contributed by atoms with Gasteiger partial charge in [-0.2, -0.15) is 0 Å². The fraction of sp³-hybridized carbons (Fsp3) is 0.0714. The van der Waals surface area contributed by atoms with E-state index in [0.717, 1.165) is 16.8 Å². The minimum absolute atomic E-state index is 0.408. The van der Waals surface area contributed by atoms with Crippen molar-refractivity contribution in [1.29, 1.82) is 0 Å². The van der Waals surface area contributed by atoms with Crippen molar-refractivity contribution in [1.82, 2.24) is 0 Å². The molecule has 0 radical (unpaired) electrons. The third-order valence-electron chi connectivity index (χ3n) is 5.27. The molecule has 37 heavy (non-hydrogen) atoms. The van der Waals surface area contributed by atoms with Gasteiger partial charge >= 0.3 is 14.0 Å². The van der Waals surface area contributed by atoms with Gasteiger partial charge in [-0.25, -0.2) is 9.69 Å². The van der Waals surface area contributed by atoms with E-state index < -0.39 is 14.0 Å². The molecule has 0 aliphatic rings. The first-order valence-corrected chi connectivity index (χ1v) is 11.3. The van der Waals surface area contributed by atoms with Crippen LogP contribution in [0.15, 0.2) is 91.0 Å². The lowest BCUT2D eigenvalue weighted by Crippen LogP contribution is -2.29. The molecule has 4 aromatic carbocycles. The maximum absolute atomic E-state index is 9.57. The molecular weight excluding hydrogens is 466 g/mol. The minimum atomic E-state index is -1.48. The Hall–Kier alpha value is -4.53. The number of rotatable bonds is 6. The zero-order chi connectivity index (χ0) is 26.8. The van der Waals surface area contributed by atoms with Crippen LogP contribution in [0, 0.1) is 20.1 Å². The van der Waals surface area contributed by atoms with Gasteiger partial charge in [-0.05, 0) is 66.4 Å². The highest BCUT2D eigenvalue weighted by Crippen LogP contribution is 2.25. The van der Waals surface area contributed by atoms with Crippen molar-refractivity contribution in [3.8, 4) is 23.0 Å². The van der Waals surface area contributed by atoms with Crippen molar-refractivity contribution in [2.24, 2.45) is 0 Å². The Bertz CT molecular complexity index is 1390. The van der Waals surface area contributed by atoms with Crippen LogP contribution < -0.4 is 20.4 Å². The van der Waals surface area contributed by atoms with Gasteiger partial charge in [0.2, 0.25) is 0 Å². The Morgan fingerprint density at radius 1 is 0.622 bits per heavy atom. The summed E-state index contributed by atoms with van der Waals surface area (Å²) >= 11 is 0. The molecule has 0 heterocycles. The Morgan fingerprint density at radius 3 is 1.41 bits per heavy atom. The van der Waals surface area contributed by atoms with E-state index in [4.69, 9.17) is 32.7 Å². The van der Waals surface area contributed by atoms with Crippen molar-refractivity contribution in [3.63, 3.8) is 0 Å². The van der Waals surface area contributed by atoms with Crippen molar-refractivity contribution >= 4 is 36.3 Å². The molecule has 7 nitrogen and oxygen atoms in total. The highest BCUT2D eigenvalue weighted by molar-refractivity contribution is 6.65. The van der Waals surface area contributed by atoms with Crippen LogP contribution in [0.4, 0.5) is 11.4 Å². The summed E-state index contributed by atoms with van der Waals surface area (Å²) in [6.07, 6.45) is 0. The normalized spacial score (nSPS) is 9.70. The average Bonchev–Trinajstić information content (AvgIpc) is 2.90. The molecule has 0 saturated carbocycles. The van der Waals surface area contributed by atoms with Crippen LogP contribution in [-0.2, 0) is 0 Å². The van der Waals surface area contributed by atoms with Crippen molar-refractivity contribution in [3.05, 3.63) is 119 Å². The van der Waals surface area contributed by atoms with E-state index >= 15 is 0 Å². The number of aryl methyl sites for hydroxylation is 1. The van der Waals surface area contributed by atoms with E-state index in [1.807, 2.05) is 25.1 Å². The Balaban J connectivity index is 0.000000206. The first kappa shape index (κ1) is 27.1. The first-order chi connectivity index (χ1) is 17.8. The zero-order valence-electron chi connectivity index (χ0n) is 20.4. The standard InChI is InChI=1S/C15H14BNO2.C13H10BNO3/c1-11-10-14(8-9-15(11)16(2)18)19-13-6-4-12(17-3)5-7-13;1-15-11-4-8-13(9-5-11)18-12-6-2-10(3-7-12)14(16)17/h4-10,18H,1-2H3;2-9,16-17H. The zero-order valence-corrected chi connectivity index (χ0v) is 20.4. The number of benzene rings is 4. The van der Waals surface area contributed by atoms with Gasteiger partial charge in [0.25, 0.3) is 0 Å². The van der Waals surface area contributed by atoms with Crippen molar-refractivity contribution in [2.45, 2.75) is 13.7 Å². The predicted molar refractivity (Wildman–Crippen MR) is 146 cm³/mol. The van der Waals surface area contributed by atoms with Crippen LogP contribution in [0.25, 0.3) is 9.69 Å². The van der Waals surface area contributed by atoms with E-state index in [2.05, 4.69) is 9.69 Å². The monoisotopic (exact) mass is 490 g/mol. The lowest BCUT2D eigenvalue weighted by molar-refractivity contribution is 0.425. The average molecular weight is 490 g/mol. The second-order valence-corrected chi connectivity index (χ2v) is 8.05. The topological polar surface area (TPSA) is 87.9 Å². The van der Waals surface area contributed by atoms with Crippen LogP contribution >= 0.6 is 0 Å². The van der Waals surface area contributed by atoms with Crippen molar-refractivity contribution in [2.75, 3.05) is 0 Å². The van der Waals surface area contributed by atoms with Gasteiger partial charge in [0.15, 0.2) is 11.4 Å². The summed E-state index contributed by atoms with van der Waals surface area (Å²) in [5.41, 5.74) is 3.45. The third kappa shape index (κ3) is 7.99. The molecule has 4 rings (SSSR count). The number of ether oxygens (including phenoxy) is 2. The minimum Gasteiger partial charge on any atom is -0.457 e. The summed E-state index contributed by atoms with van der Waals surface area (Å²) in [7, 11) is -1.48. The molecular formula is C28H24B2N2O5. The fourth-order valence-corrected chi connectivity index (χ4v) is 3.34. The summed E-state index contributed by atoms with van der Waals surface area (Å²) in [4.78, 5) is 6.62. The lowest BCUT2D eigenvalue weighted by atomic mass is 9.63. The molecule has 0 atom stereocenters. The third-order valence-corrected chi connectivity index (χ3v) is 5.27. The van der Waals surface area contributed by atoms with E-state index in [1.165, 1.54) is 0 Å². The number of hydrogen-bond donors (Lipinski definition) is 3. The second kappa shape index (κ2) is 13.0. The van der Waals surface area contributed by atoms with Crippen molar-refractivity contribution < 1.29 is 24.5 Å². The largest absolute Gasteiger partial charge is 0.488 e. The molecule has 0 aliphatic heterocycles. The van der Waals surface area contributed by atoms with Crippen LogP contribution in [0.2, 0.25) is 6.82 Å². The van der Waals surface area contributed by atoms with Crippen LogP contribution in [-0.4, -0.2) is 29.1 Å². The number of nitrogens with zero attached hydrogens (tertiary/aromatic N) is 2. The summed E-state index contributed by atoms with van der Waals surface area (Å²) in [5.74, 6) is 2.63. The van der Waals surface area contributed by atoms with Gasteiger partial charge in [0.1, 0.15) is 23.0 Å². The Kier molecular flexibility index (Phi) is 9.48. The lowest BCUT2D eigenvalue weighted by Gasteiger charge is -2.10. The maximum atomic E-state index is 9.57. The second-order valence-electron chi connectivity index (χ2n) is 8.05. The van der Waals surface area contributed by atoms with E-state index in [9.17, 15) is 5.02 Å². The van der Waals surface area contributed by atoms with Gasteiger partial charge in [0, 0.05) is 0 Å². The highest BCUT2D eigenvalue weighted by Gasteiger charge is 2.11. The first-order valence-electron chi connectivity index (χ1n) is 11.3. The molecule has 3 N–H and O–H groups in total. The molecule has 0 aliphatic carbocycles. The predicted octanol–water partition coefficient (Wildman–Crippen LogP) is 4.87. The quantitative estimate of drug-likeness (QED) is 0.265. The SMILES string of the molecule is [C-]#[N+]c1ccc(Oc2ccc(B(C)O)c(C)c2)cc1.[C-]#[N+]c1ccc(Oc2ccc(B(O)O)cc2)cc1. The highest BCUT2D eigenvalue weighted by atomic mass is 16.5. The van der Waals surface area contributed by atoms with E-state index in [0.29, 0.717) is 34.1 Å². The smallest absolute Gasteiger partial charge is 0.457 e. The summed E-state index contributed by atoms with van der Waals surface area (Å²) < 4.78 is 11.3. The van der Waals surface area contributed by atoms with E-state index in [-0.39, 0.29) is 0 Å². The molecule has 182 valence electrons.